The number of methoxy groups -OCH3 is 1. The Balaban J connectivity index is 2.93. The summed E-state index contributed by atoms with van der Waals surface area (Å²) in [5.74, 6) is 0.460. The van der Waals surface area contributed by atoms with E-state index in [2.05, 4.69) is 10.6 Å². The van der Waals surface area contributed by atoms with E-state index in [9.17, 15) is 9.90 Å². The van der Waals surface area contributed by atoms with E-state index in [0.717, 1.165) is 6.54 Å². The Morgan fingerprint density at radius 1 is 1.50 bits per heavy atom. The fraction of sp³-hybridized carbons (Fsp3) is 0.462. The van der Waals surface area contributed by atoms with Crippen molar-refractivity contribution in [1.29, 1.82) is 0 Å². The number of rotatable bonds is 6. The minimum absolute atomic E-state index is 0.146. The molecular formula is C13H20N2O3. The lowest BCUT2D eigenvalue weighted by Crippen LogP contribution is -2.21. The van der Waals surface area contributed by atoms with Crippen LogP contribution in [0.5, 0.6) is 5.75 Å². The van der Waals surface area contributed by atoms with E-state index in [-0.39, 0.29) is 5.91 Å². The van der Waals surface area contributed by atoms with Gasteiger partial charge in [0, 0.05) is 24.7 Å². The molecule has 1 unspecified atom stereocenters. The summed E-state index contributed by atoms with van der Waals surface area (Å²) in [5.41, 5.74) is 1.30. The molecule has 0 radical (unpaired) electrons. The lowest BCUT2D eigenvalue weighted by atomic mass is 10.1. The molecule has 3 N–H and O–H groups in total. The third-order valence-corrected chi connectivity index (χ3v) is 2.50. The number of hydrogen-bond acceptors (Lipinski definition) is 4. The van der Waals surface area contributed by atoms with Crippen molar-refractivity contribution in [2.45, 2.75) is 20.0 Å². The van der Waals surface area contributed by atoms with Gasteiger partial charge in [-0.15, -0.1) is 0 Å². The summed E-state index contributed by atoms with van der Waals surface area (Å²) in [6.07, 6.45) is -0.673. The average molecular weight is 252 g/mol. The van der Waals surface area contributed by atoms with Gasteiger partial charge in [0.05, 0.1) is 13.2 Å². The van der Waals surface area contributed by atoms with Crippen LogP contribution in [0, 0.1) is 0 Å². The van der Waals surface area contributed by atoms with Gasteiger partial charge in [-0.25, -0.2) is 0 Å². The Morgan fingerprint density at radius 2 is 2.22 bits per heavy atom. The first-order chi connectivity index (χ1) is 8.58. The first kappa shape index (κ1) is 14.5. The highest BCUT2D eigenvalue weighted by atomic mass is 16.5. The molecule has 0 aliphatic carbocycles. The van der Waals surface area contributed by atoms with Crippen LogP contribution in [0.2, 0.25) is 0 Å². The number of nitrogens with one attached hydrogen (secondary N) is 2. The van der Waals surface area contributed by atoms with Crippen LogP contribution in [0.15, 0.2) is 18.2 Å². The van der Waals surface area contributed by atoms with Crippen LogP contribution in [-0.4, -0.2) is 31.2 Å². The number of carbonyl (C=O) groups is 1. The van der Waals surface area contributed by atoms with E-state index in [0.29, 0.717) is 23.5 Å². The molecule has 0 heterocycles. The summed E-state index contributed by atoms with van der Waals surface area (Å²) in [4.78, 5) is 11.0. The molecule has 0 aliphatic rings. The predicted octanol–water partition coefficient (Wildman–Crippen LogP) is 1.30. The maximum Gasteiger partial charge on any atom is 0.221 e. The number of amides is 1. The normalized spacial score (nSPS) is 12.0. The zero-order valence-electron chi connectivity index (χ0n) is 11.0. The van der Waals surface area contributed by atoms with Gasteiger partial charge >= 0.3 is 0 Å². The third kappa shape index (κ3) is 4.01. The number of aliphatic hydroxyl groups is 1. The lowest BCUT2D eigenvalue weighted by Gasteiger charge is -2.16. The molecule has 18 heavy (non-hydrogen) atoms. The van der Waals surface area contributed by atoms with Crippen molar-refractivity contribution in [3.63, 3.8) is 0 Å². The molecule has 0 fully saturated rings. The number of ether oxygens (including phenoxy) is 1. The number of carbonyl (C=O) groups excluding carboxylic acids is 1. The highest BCUT2D eigenvalue weighted by molar-refractivity contribution is 5.88. The van der Waals surface area contributed by atoms with Crippen LogP contribution in [0.1, 0.15) is 25.5 Å². The molecule has 1 rings (SSSR count). The molecule has 5 nitrogen and oxygen atoms in total. The summed E-state index contributed by atoms with van der Waals surface area (Å²) in [6.45, 7) is 4.64. The Morgan fingerprint density at radius 3 is 2.78 bits per heavy atom. The molecule has 0 aliphatic heterocycles. The van der Waals surface area contributed by atoms with Crippen LogP contribution < -0.4 is 15.4 Å². The number of anilines is 1. The zero-order valence-corrected chi connectivity index (χ0v) is 11.0. The summed E-state index contributed by atoms with van der Waals surface area (Å²) in [5, 5.41) is 15.8. The van der Waals surface area contributed by atoms with Crippen molar-refractivity contribution in [3.05, 3.63) is 23.8 Å². The molecule has 0 saturated heterocycles. The minimum Gasteiger partial charge on any atom is -0.496 e. The third-order valence-electron chi connectivity index (χ3n) is 2.50. The Bertz CT molecular complexity index is 407. The molecular weight excluding hydrogens is 232 g/mol. The van der Waals surface area contributed by atoms with Gasteiger partial charge < -0.3 is 20.5 Å². The average Bonchev–Trinajstić information content (AvgIpc) is 2.35. The van der Waals surface area contributed by atoms with Crippen LogP contribution in [0.4, 0.5) is 5.69 Å². The molecule has 0 spiro atoms. The molecule has 0 saturated carbocycles. The van der Waals surface area contributed by atoms with Crippen molar-refractivity contribution >= 4 is 11.6 Å². The Kier molecular flexibility index (Phi) is 5.61. The van der Waals surface area contributed by atoms with Crippen LogP contribution in [-0.2, 0) is 4.79 Å². The van der Waals surface area contributed by atoms with Gasteiger partial charge in [0.25, 0.3) is 0 Å². The molecule has 1 aromatic carbocycles. The zero-order chi connectivity index (χ0) is 13.5. The molecule has 5 heteroatoms. The van der Waals surface area contributed by atoms with E-state index in [1.165, 1.54) is 6.92 Å². The van der Waals surface area contributed by atoms with Crippen molar-refractivity contribution in [2.75, 3.05) is 25.5 Å². The number of hydrogen-bond donors (Lipinski definition) is 3. The number of aliphatic hydroxyl groups excluding tert-OH is 1. The van der Waals surface area contributed by atoms with E-state index in [1.54, 1.807) is 25.3 Å². The number of benzene rings is 1. The van der Waals surface area contributed by atoms with E-state index >= 15 is 0 Å². The maximum absolute atomic E-state index is 11.0. The fourth-order valence-corrected chi connectivity index (χ4v) is 1.67. The Hall–Kier alpha value is -1.59. The molecule has 1 aromatic rings. The SMILES string of the molecule is CCNCC(O)c1cc(NC(C)=O)ccc1OC. The largest absolute Gasteiger partial charge is 0.496 e. The minimum atomic E-state index is -0.673. The van der Waals surface area contributed by atoms with Crippen molar-refractivity contribution < 1.29 is 14.6 Å². The highest BCUT2D eigenvalue weighted by Crippen LogP contribution is 2.28. The fourth-order valence-electron chi connectivity index (χ4n) is 1.67. The van der Waals surface area contributed by atoms with Crippen LogP contribution >= 0.6 is 0 Å². The van der Waals surface area contributed by atoms with Gasteiger partial charge in [-0.2, -0.15) is 0 Å². The second kappa shape index (κ2) is 6.98. The van der Waals surface area contributed by atoms with Crippen LogP contribution in [0.3, 0.4) is 0 Å². The predicted molar refractivity (Wildman–Crippen MR) is 70.8 cm³/mol. The second-order valence-electron chi connectivity index (χ2n) is 3.96. The van der Waals surface area contributed by atoms with Gasteiger partial charge in [0.1, 0.15) is 5.75 Å². The summed E-state index contributed by atoms with van der Waals surface area (Å²) >= 11 is 0. The van der Waals surface area contributed by atoms with Gasteiger partial charge in [-0.1, -0.05) is 6.92 Å². The lowest BCUT2D eigenvalue weighted by molar-refractivity contribution is -0.114. The topological polar surface area (TPSA) is 70.6 Å². The van der Waals surface area contributed by atoms with Gasteiger partial charge in [0.2, 0.25) is 5.91 Å². The van der Waals surface area contributed by atoms with E-state index in [4.69, 9.17) is 4.74 Å². The quantitative estimate of drug-likeness (QED) is 0.713. The van der Waals surface area contributed by atoms with Crippen LogP contribution in [0.25, 0.3) is 0 Å². The van der Waals surface area contributed by atoms with Gasteiger partial charge in [0.15, 0.2) is 0 Å². The molecule has 1 amide bonds. The van der Waals surface area contributed by atoms with E-state index in [1.807, 2.05) is 6.92 Å². The molecule has 1 atom stereocenters. The van der Waals surface area contributed by atoms with Gasteiger partial charge in [-0.05, 0) is 24.7 Å². The standard InChI is InChI=1S/C13H20N2O3/c1-4-14-8-12(17)11-7-10(15-9(2)16)5-6-13(11)18-3/h5-7,12,14,17H,4,8H2,1-3H3,(H,15,16). The molecule has 0 aromatic heterocycles. The van der Waals surface area contributed by atoms with Crippen molar-refractivity contribution in [3.8, 4) is 5.75 Å². The molecule has 100 valence electrons. The van der Waals surface area contributed by atoms with Gasteiger partial charge in [-0.3, -0.25) is 4.79 Å². The van der Waals surface area contributed by atoms with E-state index < -0.39 is 6.10 Å². The maximum atomic E-state index is 11.0. The Labute approximate surface area is 107 Å². The molecule has 0 bridgehead atoms. The summed E-state index contributed by atoms with van der Waals surface area (Å²) < 4.78 is 5.21. The van der Waals surface area contributed by atoms with Crippen molar-refractivity contribution in [1.82, 2.24) is 5.32 Å². The summed E-state index contributed by atoms with van der Waals surface area (Å²) in [7, 11) is 1.55. The second-order valence-corrected chi connectivity index (χ2v) is 3.96. The monoisotopic (exact) mass is 252 g/mol. The van der Waals surface area contributed by atoms with Crippen molar-refractivity contribution in [2.24, 2.45) is 0 Å². The summed E-state index contributed by atoms with van der Waals surface area (Å²) in [6, 6.07) is 5.20. The smallest absolute Gasteiger partial charge is 0.221 e. The first-order valence-corrected chi connectivity index (χ1v) is 5.92. The highest BCUT2D eigenvalue weighted by Gasteiger charge is 2.13. The first-order valence-electron chi connectivity index (χ1n) is 5.92. The number of likely N-dealkylation sites (N-methyl/N-ethyl adjacent to an activating group) is 1.